The predicted molar refractivity (Wildman–Crippen MR) is 117 cm³/mol. The number of methoxy groups -OCH3 is 1. The lowest BCUT2D eigenvalue weighted by molar-refractivity contribution is -0.0319. The first-order valence-corrected chi connectivity index (χ1v) is 10.3. The summed E-state index contributed by atoms with van der Waals surface area (Å²) in [6.45, 7) is 5.82. The van der Waals surface area contributed by atoms with Crippen LogP contribution in [0.15, 0.2) is 55.1 Å². The monoisotopic (exact) mass is 414 g/mol. The zero-order chi connectivity index (χ0) is 22.3. The van der Waals surface area contributed by atoms with Crippen LogP contribution < -0.4 is 4.74 Å². The Morgan fingerprint density at radius 1 is 1.00 bits per heavy atom. The van der Waals surface area contributed by atoms with E-state index in [1.807, 2.05) is 57.2 Å². The molecule has 1 aliphatic carbocycles. The van der Waals surface area contributed by atoms with Crippen molar-refractivity contribution in [3.63, 3.8) is 0 Å². The molecule has 1 saturated carbocycles. The zero-order valence-electron chi connectivity index (χ0n) is 18.3. The van der Waals surface area contributed by atoms with Gasteiger partial charge in [0.25, 0.3) is 0 Å². The Bertz CT molecular complexity index is 1120. The normalized spacial score (nSPS) is 16.8. The molecule has 4 rings (SSSR count). The third-order valence-corrected chi connectivity index (χ3v) is 6.21. The smallest absolute Gasteiger partial charge is 0.222 e. The maximum atomic E-state index is 11.9. The van der Waals surface area contributed by atoms with Crippen molar-refractivity contribution < 1.29 is 9.84 Å². The van der Waals surface area contributed by atoms with E-state index >= 15 is 0 Å². The Morgan fingerprint density at radius 2 is 1.68 bits per heavy atom. The van der Waals surface area contributed by atoms with E-state index in [9.17, 15) is 10.4 Å². The van der Waals surface area contributed by atoms with Crippen molar-refractivity contribution in [3.8, 4) is 23.1 Å². The number of rotatable bonds is 5. The van der Waals surface area contributed by atoms with Gasteiger partial charge in [-0.25, -0.2) is 9.97 Å². The summed E-state index contributed by atoms with van der Waals surface area (Å²) < 4.78 is 5.39. The fourth-order valence-corrected chi connectivity index (χ4v) is 4.01. The minimum atomic E-state index is -1.45. The van der Waals surface area contributed by atoms with Gasteiger partial charge in [-0.05, 0) is 30.0 Å². The fraction of sp³-hybridized carbons (Fsp3) is 0.360. The maximum Gasteiger partial charge on any atom is 0.222 e. The topological polar surface area (TPSA) is 91.9 Å². The molecular weight excluding hydrogens is 388 g/mol. The van der Waals surface area contributed by atoms with Crippen molar-refractivity contribution in [1.29, 1.82) is 5.26 Å². The molecule has 0 bridgehead atoms. The van der Waals surface area contributed by atoms with Crippen LogP contribution in [-0.2, 0) is 11.0 Å². The van der Waals surface area contributed by atoms with E-state index in [2.05, 4.69) is 21.0 Å². The second-order valence-electron chi connectivity index (χ2n) is 9.11. The van der Waals surface area contributed by atoms with Crippen molar-refractivity contribution in [2.75, 3.05) is 7.11 Å². The number of nitriles is 1. The number of hydrogen-bond donors (Lipinski definition) is 1. The zero-order valence-corrected chi connectivity index (χ0v) is 18.3. The van der Waals surface area contributed by atoms with E-state index < -0.39 is 11.0 Å². The summed E-state index contributed by atoms with van der Waals surface area (Å²) in [6.07, 6.45) is 6.58. The Kier molecular flexibility index (Phi) is 5.03. The van der Waals surface area contributed by atoms with E-state index in [0.717, 1.165) is 29.5 Å². The van der Waals surface area contributed by atoms with Gasteiger partial charge in [-0.2, -0.15) is 5.26 Å². The van der Waals surface area contributed by atoms with Gasteiger partial charge in [0.15, 0.2) is 0 Å². The van der Waals surface area contributed by atoms with Gasteiger partial charge >= 0.3 is 0 Å². The molecule has 0 aliphatic heterocycles. The van der Waals surface area contributed by atoms with Crippen LogP contribution in [0.25, 0.3) is 11.1 Å². The molecule has 1 aromatic carbocycles. The van der Waals surface area contributed by atoms with Crippen LogP contribution in [0.1, 0.15) is 50.4 Å². The van der Waals surface area contributed by atoms with Crippen LogP contribution in [0.3, 0.4) is 0 Å². The summed E-state index contributed by atoms with van der Waals surface area (Å²) >= 11 is 0. The lowest BCUT2D eigenvalue weighted by Crippen LogP contribution is -2.42. The lowest BCUT2D eigenvalue weighted by Gasteiger charge is -2.40. The largest absolute Gasteiger partial charge is 0.481 e. The highest BCUT2D eigenvalue weighted by Gasteiger charge is 2.47. The Balaban J connectivity index is 1.71. The van der Waals surface area contributed by atoms with E-state index in [1.165, 1.54) is 13.4 Å². The minimum absolute atomic E-state index is 0.291. The first-order valence-electron chi connectivity index (χ1n) is 10.3. The molecule has 6 nitrogen and oxygen atoms in total. The van der Waals surface area contributed by atoms with Crippen LogP contribution in [-0.4, -0.2) is 27.2 Å². The molecule has 2 heterocycles. The highest BCUT2D eigenvalue weighted by atomic mass is 16.5. The second-order valence-corrected chi connectivity index (χ2v) is 9.11. The Morgan fingerprint density at radius 3 is 2.19 bits per heavy atom. The Hall–Kier alpha value is -3.30. The molecule has 1 atom stereocenters. The van der Waals surface area contributed by atoms with Crippen LogP contribution >= 0.6 is 0 Å². The summed E-state index contributed by atoms with van der Waals surface area (Å²) in [5.41, 5.74) is 1.64. The molecule has 6 heteroatoms. The predicted octanol–water partition coefficient (Wildman–Crippen LogP) is 4.38. The average molecular weight is 415 g/mol. The molecule has 158 valence electrons. The van der Waals surface area contributed by atoms with E-state index in [1.54, 1.807) is 12.4 Å². The molecule has 1 unspecified atom stereocenters. The number of hydrogen-bond acceptors (Lipinski definition) is 6. The molecule has 3 aromatic rings. The van der Waals surface area contributed by atoms with Crippen LogP contribution in [0.2, 0.25) is 0 Å². The van der Waals surface area contributed by atoms with Crippen molar-refractivity contribution in [2.24, 2.45) is 5.41 Å². The highest BCUT2D eigenvalue weighted by Crippen LogP contribution is 2.48. The summed E-state index contributed by atoms with van der Waals surface area (Å²) in [7, 11) is 1.52. The van der Waals surface area contributed by atoms with Crippen molar-refractivity contribution in [1.82, 2.24) is 15.0 Å². The molecule has 1 aliphatic rings. The van der Waals surface area contributed by atoms with Crippen LogP contribution in [0.5, 0.6) is 5.88 Å². The van der Waals surface area contributed by atoms with Crippen LogP contribution in [0, 0.1) is 16.7 Å². The number of aromatic nitrogens is 3. The van der Waals surface area contributed by atoms with E-state index in [4.69, 9.17) is 4.74 Å². The standard InChI is InChI=1S/C25H26N4O2/c1-23(2,3)25(30,20-14-27-16-29-22(20)31-4)21-10-7-18(13-28-21)17-5-8-19(9-6-17)24(15-26)11-12-24/h5-10,13-14,16,30H,11-12H2,1-4H3. The molecule has 0 spiro atoms. The van der Waals surface area contributed by atoms with Gasteiger partial charge in [0.05, 0.1) is 29.9 Å². The highest BCUT2D eigenvalue weighted by molar-refractivity contribution is 5.64. The molecule has 0 saturated heterocycles. The van der Waals surface area contributed by atoms with Gasteiger partial charge in [0.1, 0.15) is 11.9 Å². The number of aliphatic hydroxyl groups is 1. The SMILES string of the molecule is COc1ncncc1C(O)(c1ccc(-c2ccc(C3(C#N)CC3)cc2)cn1)C(C)(C)C. The van der Waals surface area contributed by atoms with Gasteiger partial charge in [0.2, 0.25) is 5.88 Å². The summed E-state index contributed by atoms with van der Waals surface area (Å²) in [5.74, 6) is 0.320. The van der Waals surface area contributed by atoms with Crippen molar-refractivity contribution in [2.45, 2.75) is 44.6 Å². The summed E-state index contributed by atoms with van der Waals surface area (Å²) in [4.78, 5) is 12.9. The molecule has 0 radical (unpaired) electrons. The third-order valence-electron chi connectivity index (χ3n) is 6.21. The summed E-state index contributed by atoms with van der Waals surface area (Å²) in [5, 5.41) is 21.3. The minimum Gasteiger partial charge on any atom is -0.481 e. The van der Waals surface area contributed by atoms with Gasteiger partial charge < -0.3 is 9.84 Å². The number of pyridine rings is 1. The van der Waals surface area contributed by atoms with Gasteiger partial charge in [-0.3, -0.25) is 4.98 Å². The molecule has 1 N–H and O–H groups in total. The molecule has 31 heavy (non-hydrogen) atoms. The van der Waals surface area contributed by atoms with Gasteiger partial charge in [0, 0.05) is 23.4 Å². The Labute approximate surface area is 182 Å². The second kappa shape index (κ2) is 7.44. The fourth-order valence-electron chi connectivity index (χ4n) is 4.01. The number of benzene rings is 1. The molecule has 2 aromatic heterocycles. The first-order chi connectivity index (χ1) is 14.7. The van der Waals surface area contributed by atoms with E-state index in [0.29, 0.717) is 17.1 Å². The molecule has 1 fully saturated rings. The van der Waals surface area contributed by atoms with Gasteiger partial charge in [-0.1, -0.05) is 51.1 Å². The van der Waals surface area contributed by atoms with Gasteiger partial charge in [-0.15, -0.1) is 0 Å². The maximum absolute atomic E-state index is 11.9. The van der Waals surface area contributed by atoms with Crippen molar-refractivity contribution in [3.05, 3.63) is 71.9 Å². The third kappa shape index (κ3) is 3.45. The molecule has 0 amide bonds. The quantitative estimate of drug-likeness (QED) is 0.666. The average Bonchev–Trinajstić information content (AvgIpc) is 3.59. The number of ether oxygens (including phenoxy) is 1. The summed E-state index contributed by atoms with van der Waals surface area (Å²) in [6, 6.07) is 14.3. The van der Waals surface area contributed by atoms with Crippen molar-refractivity contribution >= 4 is 0 Å². The first kappa shape index (κ1) is 21.0. The molecular formula is C25H26N4O2. The lowest BCUT2D eigenvalue weighted by atomic mass is 9.70. The number of nitrogens with zero attached hydrogens (tertiary/aromatic N) is 4. The van der Waals surface area contributed by atoms with Crippen LogP contribution in [0.4, 0.5) is 0 Å². The van der Waals surface area contributed by atoms with E-state index in [-0.39, 0.29) is 5.41 Å².